The largest absolute Gasteiger partial charge is 0.364 e. The maximum atomic E-state index is 10.9. The van der Waals surface area contributed by atoms with Crippen molar-refractivity contribution in [2.45, 2.75) is 6.42 Å². The van der Waals surface area contributed by atoms with E-state index in [0.29, 0.717) is 18.8 Å². The quantitative estimate of drug-likeness (QED) is 0.402. The Balaban J connectivity index is 2.05. The van der Waals surface area contributed by atoms with Crippen LogP contribution >= 0.6 is 0 Å². The molecule has 0 saturated carbocycles. The fourth-order valence-electron chi connectivity index (χ4n) is 1.74. The molecule has 0 fully saturated rings. The summed E-state index contributed by atoms with van der Waals surface area (Å²) in [5.74, 6) is 5.80. The summed E-state index contributed by atoms with van der Waals surface area (Å²) in [5, 5.41) is 17.9. The standard InChI is InChI=1S/C11H15N7O2/c1-17-7-8(6-14-17)4-5-13-11-9(18(19)20)2-3-10(15-11)16-12/h2-3,6-7H,4-5,12H2,1H3,(H2,13,15,16). The number of aromatic nitrogens is 3. The second kappa shape index (κ2) is 5.97. The molecule has 0 aliphatic rings. The van der Waals surface area contributed by atoms with Crippen LogP contribution in [0.15, 0.2) is 24.5 Å². The average Bonchev–Trinajstić information content (AvgIpc) is 2.84. The number of nitrogens with one attached hydrogen (secondary N) is 2. The first kappa shape index (κ1) is 13.7. The lowest BCUT2D eigenvalue weighted by Gasteiger charge is -2.07. The summed E-state index contributed by atoms with van der Waals surface area (Å²) in [5.41, 5.74) is 3.31. The Morgan fingerprint density at radius 2 is 2.30 bits per heavy atom. The van der Waals surface area contributed by atoms with Crippen molar-refractivity contribution >= 4 is 17.3 Å². The van der Waals surface area contributed by atoms with Gasteiger partial charge in [-0.2, -0.15) is 5.10 Å². The van der Waals surface area contributed by atoms with Gasteiger partial charge in [0, 0.05) is 25.9 Å². The number of pyridine rings is 1. The molecule has 106 valence electrons. The summed E-state index contributed by atoms with van der Waals surface area (Å²) >= 11 is 0. The van der Waals surface area contributed by atoms with Crippen LogP contribution < -0.4 is 16.6 Å². The number of nitrogens with zero attached hydrogens (tertiary/aromatic N) is 4. The summed E-state index contributed by atoms with van der Waals surface area (Å²) in [7, 11) is 1.83. The molecular formula is C11H15N7O2. The second-order valence-electron chi connectivity index (χ2n) is 4.16. The zero-order chi connectivity index (χ0) is 14.5. The smallest absolute Gasteiger partial charge is 0.311 e. The van der Waals surface area contributed by atoms with Crippen LogP contribution in [0.3, 0.4) is 0 Å². The molecule has 0 radical (unpaired) electrons. The average molecular weight is 277 g/mol. The number of hydrazine groups is 1. The molecule has 2 aromatic rings. The molecule has 4 N–H and O–H groups in total. The Bertz CT molecular complexity index is 611. The van der Waals surface area contributed by atoms with Crippen LogP contribution in [-0.4, -0.2) is 26.2 Å². The Morgan fingerprint density at radius 3 is 2.90 bits per heavy atom. The fourth-order valence-corrected chi connectivity index (χ4v) is 1.74. The Kier molecular flexibility index (Phi) is 4.11. The molecule has 0 atom stereocenters. The molecule has 0 aromatic carbocycles. The number of hydrogen-bond acceptors (Lipinski definition) is 7. The first-order valence-electron chi connectivity index (χ1n) is 5.93. The minimum absolute atomic E-state index is 0.0878. The van der Waals surface area contributed by atoms with Crippen molar-refractivity contribution < 1.29 is 4.92 Å². The molecule has 0 spiro atoms. The van der Waals surface area contributed by atoms with E-state index in [1.165, 1.54) is 12.1 Å². The van der Waals surface area contributed by atoms with Gasteiger partial charge in [-0.15, -0.1) is 0 Å². The van der Waals surface area contributed by atoms with Crippen molar-refractivity contribution in [1.82, 2.24) is 14.8 Å². The first-order chi connectivity index (χ1) is 9.60. The van der Waals surface area contributed by atoms with Crippen LogP contribution in [-0.2, 0) is 13.5 Å². The van der Waals surface area contributed by atoms with Crippen LogP contribution in [0, 0.1) is 10.1 Å². The van der Waals surface area contributed by atoms with Gasteiger partial charge in [-0.05, 0) is 18.1 Å². The second-order valence-corrected chi connectivity index (χ2v) is 4.16. The topological polar surface area (TPSA) is 124 Å². The van der Waals surface area contributed by atoms with E-state index in [-0.39, 0.29) is 11.5 Å². The number of rotatable bonds is 6. The molecule has 2 aromatic heterocycles. The van der Waals surface area contributed by atoms with Crippen molar-refractivity contribution in [3.63, 3.8) is 0 Å². The molecule has 2 heterocycles. The number of nitro groups is 1. The van der Waals surface area contributed by atoms with Crippen LogP contribution in [0.2, 0.25) is 0 Å². The fraction of sp³-hybridized carbons (Fsp3) is 0.273. The summed E-state index contributed by atoms with van der Waals surface area (Å²) in [6, 6.07) is 2.80. The molecule has 0 amide bonds. The van der Waals surface area contributed by atoms with E-state index in [1.807, 2.05) is 13.2 Å². The highest BCUT2D eigenvalue weighted by atomic mass is 16.6. The normalized spacial score (nSPS) is 10.3. The van der Waals surface area contributed by atoms with Crippen LogP contribution in [0.25, 0.3) is 0 Å². The minimum atomic E-state index is -0.486. The highest BCUT2D eigenvalue weighted by molar-refractivity contribution is 5.59. The number of anilines is 2. The third kappa shape index (κ3) is 3.20. The van der Waals surface area contributed by atoms with Gasteiger partial charge < -0.3 is 10.7 Å². The molecule has 0 aliphatic carbocycles. The molecule has 9 heteroatoms. The van der Waals surface area contributed by atoms with Crippen molar-refractivity contribution in [3.8, 4) is 0 Å². The van der Waals surface area contributed by atoms with E-state index >= 15 is 0 Å². The van der Waals surface area contributed by atoms with E-state index < -0.39 is 4.92 Å². The van der Waals surface area contributed by atoms with E-state index in [1.54, 1.807) is 10.9 Å². The predicted octanol–water partition coefficient (Wildman–Crippen LogP) is 0.663. The number of nitrogen functional groups attached to an aromatic ring is 1. The highest BCUT2D eigenvalue weighted by Gasteiger charge is 2.15. The van der Waals surface area contributed by atoms with Gasteiger partial charge in [-0.3, -0.25) is 14.8 Å². The lowest BCUT2D eigenvalue weighted by atomic mass is 10.2. The molecule has 2 rings (SSSR count). The van der Waals surface area contributed by atoms with Gasteiger partial charge in [0.05, 0.1) is 11.1 Å². The molecular weight excluding hydrogens is 262 g/mol. The molecule has 20 heavy (non-hydrogen) atoms. The Labute approximate surface area is 114 Å². The molecule has 0 aliphatic heterocycles. The molecule has 0 bridgehead atoms. The monoisotopic (exact) mass is 277 g/mol. The Morgan fingerprint density at radius 1 is 1.50 bits per heavy atom. The van der Waals surface area contributed by atoms with Crippen LogP contribution in [0.5, 0.6) is 0 Å². The van der Waals surface area contributed by atoms with Crippen molar-refractivity contribution in [2.75, 3.05) is 17.3 Å². The molecule has 0 unspecified atom stereocenters. The van der Waals surface area contributed by atoms with Crippen LogP contribution in [0.1, 0.15) is 5.56 Å². The van der Waals surface area contributed by atoms with E-state index in [4.69, 9.17) is 5.84 Å². The van der Waals surface area contributed by atoms with Crippen molar-refractivity contribution in [2.24, 2.45) is 12.9 Å². The van der Waals surface area contributed by atoms with E-state index in [2.05, 4.69) is 20.8 Å². The van der Waals surface area contributed by atoms with Gasteiger partial charge in [-0.25, -0.2) is 10.8 Å². The van der Waals surface area contributed by atoms with Crippen LogP contribution in [0.4, 0.5) is 17.3 Å². The van der Waals surface area contributed by atoms with Gasteiger partial charge >= 0.3 is 5.69 Å². The van der Waals surface area contributed by atoms with Gasteiger partial charge in [0.2, 0.25) is 5.82 Å². The number of nitrogens with two attached hydrogens (primary N) is 1. The van der Waals surface area contributed by atoms with Gasteiger partial charge in [-0.1, -0.05) is 0 Å². The molecule has 0 saturated heterocycles. The lowest BCUT2D eigenvalue weighted by Crippen LogP contribution is -2.12. The van der Waals surface area contributed by atoms with Crippen molar-refractivity contribution in [1.29, 1.82) is 0 Å². The number of aryl methyl sites for hydroxylation is 1. The first-order valence-corrected chi connectivity index (χ1v) is 5.93. The maximum Gasteiger partial charge on any atom is 0.311 e. The number of hydrogen-bond donors (Lipinski definition) is 3. The zero-order valence-corrected chi connectivity index (χ0v) is 10.9. The minimum Gasteiger partial charge on any atom is -0.364 e. The maximum absolute atomic E-state index is 10.9. The van der Waals surface area contributed by atoms with Crippen molar-refractivity contribution in [3.05, 3.63) is 40.2 Å². The lowest BCUT2D eigenvalue weighted by molar-refractivity contribution is -0.384. The predicted molar refractivity (Wildman–Crippen MR) is 74.1 cm³/mol. The highest BCUT2D eigenvalue weighted by Crippen LogP contribution is 2.23. The summed E-state index contributed by atoms with van der Waals surface area (Å²) < 4.78 is 1.70. The summed E-state index contributed by atoms with van der Waals surface area (Å²) in [4.78, 5) is 14.5. The molecule has 9 nitrogen and oxygen atoms in total. The van der Waals surface area contributed by atoms with Gasteiger partial charge in [0.1, 0.15) is 5.82 Å². The van der Waals surface area contributed by atoms with Gasteiger partial charge in [0.15, 0.2) is 0 Å². The van der Waals surface area contributed by atoms with E-state index in [0.717, 1.165) is 5.56 Å². The SMILES string of the molecule is Cn1cc(CCNc2nc(NN)ccc2[N+](=O)[O-])cn1. The summed E-state index contributed by atoms with van der Waals surface area (Å²) in [6.45, 7) is 0.507. The van der Waals surface area contributed by atoms with E-state index in [9.17, 15) is 10.1 Å². The van der Waals surface area contributed by atoms with Gasteiger partial charge in [0.25, 0.3) is 0 Å². The third-order valence-electron chi connectivity index (χ3n) is 2.68. The Hall–Kier alpha value is -2.68. The third-order valence-corrected chi connectivity index (χ3v) is 2.68. The zero-order valence-electron chi connectivity index (χ0n) is 10.9. The summed E-state index contributed by atoms with van der Waals surface area (Å²) in [6.07, 6.45) is 4.33.